The average molecular weight is 818 g/mol. The Morgan fingerprint density at radius 3 is 2.38 bits per heavy atom. The number of hydrogen-bond acceptors (Lipinski definition) is 13. The van der Waals surface area contributed by atoms with Crippen LogP contribution >= 0.6 is 11.3 Å². The van der Waals surface area contributed by atoms with E-state index in [1.807, 2.05) is 30.3 Å². The van der Waals surface area contributed by atoms with E-state index in [4.69, 9.17) is 28.4 Å². The minimum atomic E-state index is -0.812. The highest BCUT2D eigenvalue weighted by Gasteiger charge is 2.68. The fourth-order valence-corrected chi connectivity index (χ4v) is 9.20. The predicted molar refractivity (Wildman–Crippen MR) is 221 cm³/mol. The van der Waals surface area contributed by atoms with Crippen LogP contribution in [0.5, 0.6) is 5.75 Å². The Bertz CT molecular complexity index is 2020. The molecule has 3 saturated carbocycles. The van der Waals surface area contributed by atoms with Crippen molar-refractivity contribution in [3.8, 4) is 5.75 Å². The van der Waals surface area contributed by atoms with Gasteiger partial charge in [0, 0.05) is 17.6 Å². The number of Topliss-reactive ketones (excluding diaryl/α,β-unsaturated/α-hetero) is 1. The molecule has 4 aliphatic rings. The molecule has 15 heteroatoms. The summed E-state index contributed by atoms with van der Waals surface area (Å²) in [6, 6.07) is 12.8. The number of aliphatic hydroxyl groups is 1. The molecule has 5 atom stereocenters. The smallest absolute Gasteiger partial charge is 0.461 e. The number of nitrogens with one attached hydrogen (secondary N) is 1. The van der Waals surface area contributed by atoms with Gasteiger partial charge in [-0.05, 0) is 114 Å². The summed E-state index contributed by atoms with van der Waals surface area (Å²) in [7, 11) is 0.659. The number of rotatable bonds is 14. The zero-order valence-corrected chi connectivity index (χ0v) is 36.0. The van der Waals surface area contributed by atoms with Crippen LogP contribution in [0.2, 0.25) is 5.82 Å². The number of aromatic nitrogens is 1. The molecule has 312 valence electrons. The lowest BCUT2D eigenvalue weighted by Crippen LogP contribution is -2.65. The molecule has 4 fully saturated rings. The number of ether oxygens (including phenoxy) is 3. The van der Waals surface area contributed by atoms with E-state index in [1.54, 1.807) is 59.1 Å². The van der Waals surface area contributed by atoms with Crippen LogP contribution in [0.15, 0.2) is 53.0 Å². The first-order chi connectivity index (χ1) is 27.2. The molecule has 13 nitrogen and oxygen atoms in total. The maximum Gasteiger partial charge on any atom is 0.461 e. The first-order valence-corrected chi connectivity index (χ1v) is 20.7. The second-order valence-electron chi connectivity index (χ2n) is 18.3. The van der Waals surface area contributed by atoms with Crippen LogP contribution in [0.3, 0.4) is 0 Å². The van der Waals surface area contributed by atoms with E-state index in [2.05, 4.69) is 36.2 Å². The third kappa shape index (κ3) is 9.59. The third-order valence-electron chi connectivity index (χ3n) is 11.4. The number of carbonyl (C=O) groups is 3. The number of anilines is 1. The van der Waals surface area contributed by atoms with Gasteiger partial charge in [0.1, 0.15) is 34.8 Å². The lowest BCUT2D eigenvalue weighted by Gasteiger charge is -2.64. The minimum Gasteiger partial charge on any atom is -0.496 e. The van der Waals surface area contributed by atoms with Crippen molar-refractivity contribution in [2.75, 3.05) is 12.4 Å². The third-order valence-corrected chi connectivity index (χ3v) is 12.1. The predicted octanol–water partition coefficient (Wildman–Crippen LogP) is 8.17. The number of thiazole rings is 1. The van der Waals surface area contributed by atoms with Gasteiger partial charge in [-0.2, -0.15) is 0 Å². The van der Waals surface area contributed by atoms with Crippen LogP contribution in [0.25, 0.3) is 0 Å². The van der Waals surface area contributed by atoms with Crippen LogP contribution in [0, 0.1) is 17.3 Å². The highest BCUT2D eigenvalue weighted by atomic mass is 32.1. The Kier molecular flexibility index (Phi) is 12.5. The van der Waals surface area contributed by atoms with E-state index in [1.165, 1.54) is 7.11 Å². The van der Waals surface area contributed by atoms with Gasteiger partial charge in [-0.1, -0.05) is 49.3 Å². The number of oxime groups is 1. The molecule has 2 bridgehead atoms. The molecule has 58 heavy (non-hydrogen) atoms. The number of amides is 1. The molecule has 2 aromatic carbocycles. The number of nitrogens with zero attached hydrogens (tertiary/aromatic N) is 2. The Labute approximate surface area is 345 Å². The van der Waals surface area contributed by atoms with Gasteiger partial charge in [0.15, 0.2) is 16.6 Å². The number of benzene rings is 2. The normalized spacial score (nSPS) is 23.0. The second-order valence-corrected chi connectivity index (χ2v) is 19.1. The van der Waals surface area contributed by atoms with Crippen LogP contribution in [0.1, 0.15) is 114 Å². The van der Waals surface area contributed by atoms with E-state index in [9.17, 15) is 19.5 Å². The number of methoxy groups -OCH3 is 1. The highest BCUT2D eigenvalue weighted by molar-refractivity contribution is 7.14. The van der Waals surface area contributed by atoms with Crippen molar-refractivity contribution in [1.29, 1.82) is 0 Å². The fourth-order valence-electron chi connectivity index (χ4n) is 8.52. The molecule has 3 aliphatic carbocycles. The zero-order valence-electron chi connectivity index (χ0n) is 35.2. The van der Waals surface area contributed by atoms with Gasteiger partial charge < -0.3 is 33.5 Å². The molecule has 1 saturated heterocycles. The second kappa shape index (κ2) is 16.7. The van der Waals surface area contributed by atoms with Gasteiger partial charge >= 0.3 is 19.2 Å². The molecule has 7 rings (SSSR count). The van der Waals surface area contributed by atoms with E-state index < -0.39 is 47.6 Å². The van der Waals surface area contributed by atoms with Crippen molar-refractivity contribution in [3.63, 3.8) is 0 Å². The molecular formula is C43H56BN3O10S. The van der Waals surface area contributed by atoms with E-state index in [0.29, 0.717) is 17.0 Å². The van der Waals surface area contributed by atoms with Crippen molar-refractivity contribution in [2.45, 2.75) is 130 Å². The van der Waals surface area contributed by atoms with Crippen molar-refractivity contribution >= 4 is 47.1 Å². The van der Waals surface area contributed by atoms with Gasteiger partial charge in [-0.25, -0.2) is 14.6 Å². The van der Waals surface area contributed by atoms with E-state index in [0.717, 1.165) is 29.7 Å². The Hall–Kier alpha value is -4.31. The SMILES string of the molecule is COc1c(C[C@H](CC(=O)/C(=N\OCc2ccccc2)c2csc(NC(=O)OC(C)(C)C)n2)B2OC3C[C@@H]4C[C@@H](C4(C)C)[C@]3(C)O2)cc(CO)cc1C(=O)OC(C)(C)C. The summed E-state index contributed by atoms with van der Waals surface area (Å²) in [5, 5.41) is 19.1. The number of aliphatic hydroxyl groups excluding tert-OH is 1. The topological polar surface area (TPSA) is 164 Å². The largest absolute Gasteiger partial charge is 0.496 e. The summed E-state index contributed by atoms with van der Waals surface area (Å²) in [5.74, 6) is -0.594. The summed E-state index contributed by atoms with van der Waals surface area (Å²) in [5.41, 5.74) is 0.206. The van der Waals surface area contributed by atoms with Crippen LogP contribution in [-0.2, 0) is 48.0 Å². The molecule has 1 aromatic heterocycles. The number of ketones is 1. The summed E-state index contributed by atoms with van der Waals surface area (Å²) < 4.78 is 30.7. The molecule has 0 radical (unpaired) electrons. The average Bonchev–Trinajstić information content (AvgIpc) is 3.75. The highest BCUT2D eigenvalue weighted by Crippen LogP contribution is 2.66. The quantitative estimate of drug-likeness (QED) is 0.0698. The lowest BCUT2D eigenvalue weighted by atomic mass is 9.43. The van der Waals surface area contributed by atoms with Crippen molar-refractivity contribution < 1.29 is 47.8 Å². The number of hydrogen-bond donors (Lipinski definition) is 2. The number of carbonyl (C=O) groups excluding carboxylic acids is 3. The summed E-state index contributed by atoms with van der Waals surface area (Å²) in [6.07, 6.45) is 1.08. The molecule has 1 unspecified atom stereocenters. The Morgan fingerprint density at radius 1 is 1.03 bits per heavy atom. The van der Waals surface area contributed by atoms with Crippen LogP contribution in [0.4, 0.5) is 9.93 Å². The Morgan fingerprint density at radius 2 is 1.74 bits per heavy atom. The number of esters is 1. The molecule has 3 aromatic rings. The summed E-state index contributed by atoms with van der Waals surface area (Å²) in [6.45, 7) is 17.0. The first-order valence-electron chi connectivity index (χ1n) is 19.8. The summed E-state index contributed by atoms with van der Waals surface area (Å²) in [4.78, 5) is 51.2. The zero-order chi connectivity index (χ0) is 42.2. The Balaban J connectivity index is 1.36. The molecule has 1 amide bonds. The van der Waals surface area contributed by atoms with E-state index >= 15 is 0 Å². The minimum absolute atomic E-state index is 0.0510. The monoisotopic (exact) mass is 817 g/mol. The van der Waals surface area contributed by atoms with Gasteiger partial charge in [0.05, 0.1) is 25.4 Å². The van der Waals surface area contributed by atoms with Gasteiger partial charge in [0.2, 0.25) is 0 Å². The van der Waals surface area contributed by atoms with Gasteiger partial charge in [-0.3, -0.25) is 10.1 Å². The molecular weight excluding hydrogens is 761 g/mol. The maximum absolute atomic E-state index is 14.7. The summed E-state index contributed by atoms with van der Waals surface area (Å²) >= 11 is 1.12. The van der Waals surface area contributed by atoms with Gasteiger partial charge in [0.25, 0.3) is 0 Å². The van der Waals surface area contributed by atoms with Crippen molar-refractivity contribution in [3.05, 3.63) is 75.8 Å². The van der Waals surface area contributed by atoms with Crippen molar-refractivity contribution in [2.24, 2.45) is 22.4 Å². The van der Waals surface area contributed by atoms with Gasteiger partial charge in [-0.15, -0.1) is 11.3 Å². The lowest BCUT2D eigenvalue weighted by molar-refractivity contribution is -0.199. The molecule has 1 aliphatic heterocycles. The molecule has 0 spiro atoms. The molecule has 2 heterocycles. The maximum atomic E-state index is 14.7. The fraction of sp³-hybridized carbons (Fsp3) is 0.558. The molecule has 2 N–H and O–H groups in total. The first kappa shape index (κ1) is 43.3. The standard InChI is InChI=1S/C43H56BN3O10S/c1-40(2,3)54-37(50)30-17-26(22-48)16-27(36(30)52-10)18-29(44-56-34-20-28-19-33(42(28,7)8)43(34,9)57-44)21-32(49)35(47-53-23-25-14-12-11-13-15-25)31-24-58-38(45-31)46-39(51)55-41(4,5)6/h11-17,24,28-29,33-34,48H,18-23H2,1-10H3,(H,45,46,51)/b47-35-/t28-,29+,33-,34?,43-/m0/s1. The van der Waals surface area contributed by atoms with Crippen LogP contribution in [-0.4, -0.2) is 70.8 Å². The van der Waals surface area contributed by atoms with E-state index in [-0.39, 0.29) is 71.3 Å². The van der Waals surface area contributed by atoms with Crippen molar-refractivity contribution in [1.82, 2.24) is 4.98 Å². The van der Waals surface area contributed by atoms with Crippen LogP contribution < -0.4 is 10.1 Å².